The summed E-state index contributed by atoms with van der Waals surface area (Å²) in [5.74, 6) is 2.25. The Morgan fingerprint density at radius 3 is 2.42 bits per heavy atom. The van der Waals surface area contributed by atoms with E-state index in [4.69, 9.17) is 0 Å². The highest BCUT2D eigenvalue weighted by atomic mass is 14.9. The lowest BCUT2D eigenvalue weighted by molar-refractivity contribution is 0.294. The van der Waals surface area contributed by atoms with Gasteiger partial charge in [-0.25, -0.2) is 0 Å². The number of rotatable bonds is 6. The molecule has 1 N–H and O–H groups in total. The summed E-state index contributed by atoms with van der Waals surface area (Å²) in [6, 6.07) is 4.41. The van der Waals surface area contributed by atoms with Gasteiger partial charge in [0.15, 0.2) is 0 Å². The largest absolute Gasteiger partial charge is 0.316 e. The molecule has 0 saturated heterocycles. The molecule has 106 valence electrons. The number of aromatic nitrogens is 1. The van der Waals surface area contributed by atoms with Gasteiger partial charge >= 0.3 is 0 Å². The van der Waals surface area contributed by atoms with Gasteiger partial charge in [0.25, 0.3) is 0 Å². The summed E-state index contributed by atoms with van der Waals surface area (Å²) in [6.07, 6.45) is 10.9. The normalized spacial score (nSPS) is 18.7. The van der Waals surface area contributed by atoms with Crippen molar-refractivity contribution in [3.63, 3.8) is 0 Å². The maximum Gasteiger partial charge on any atom is 0.0270 e. The molecule has 1 saturated carbocycles. The van der Waals surface area contributed by atoms with E-state index < -0.39 is 0 Å². The first-order chi connectivity index (χ1) is 9.27. The quantitative estimate of drug-likeness (QED) is 0.836. The van der Waals surface area contributed by atoms with E-state index in [1.165, 1.54) is 37.7 Å². The van der Waals surface area contributed by atoms with Crippen LogP contribution in [0.25, 0.3) is 0 Å². The summed E-state index contributed by atoms with van der Waals surface area (Å²) < 4.78 is 0. The molecule has 1 aromatic rings. The molecule has 1 fully saturated rings. The Balaban J connectivity index is 2.00. The van der Waals surface area contributed by atoms with E-state index in [2.05, 4.69) is 36.3 Å². The zero-order chi connectivity index (χ0) is 13.5. The summed E-state index contributed by atoms with van der Waals surface area (Å²) in [5.41, 5.74) is 1.47. The van der Waals surface area contributed by atoms with Gasteiger partial charge in [-0.3, -0.25) is 4.98 Å². The van der Waals surface area contributed by atoms with E-state index in [-0.39, 0.29) is 0 Å². The summed E-state index contributed by atoms with van der Waals surface area (Å²) in [5, 5.41) is 3.66. The Labute approximate surface area is 118 Å². The molecule has 1 atom stereocenters. The molecule has 1 heterocycles. The van der Waals surface area contributed by atoms with Gasteiger partial charge in [-0.1, -0.05) is 33.1 Å². The molecule has 1 aliphatic carbocycles. The topological polar surface area (TPSA) is 24.9 Å². The van der Waals surface area contributed by atoms with Crippen LogP contribution in [0.5, 0.6) is 0 Å². The molecule has 1 aliphatic rings. The molecule has 19 heavy (non-hydrogen) atoms. The summed E-state index contributed by atoms with van der Waals surface area (Å²) >= 11 is 0. The maximum atomic E-state index is 4.16. The third kappa shape index (κ3) is 4.61. The minimum absolute atomic E-state index is 0.669. The predicted octanol–water partition coefficient (Wildman–Crippen LogP) is 3.99. The van der Waals surface area contributed by atoms with Crippen molar-refractivity contribution in [1.82, 2.24) is 10.3 Å². The molecule has 0 aliphatic heterocycles. The number of hydrogen-bond acceptors (Lipinski definition) is 2. The summed E-state index contributed by atoms with van der Waals surface area (Å²) in [4.78, 5) is 4.16. The highest BCUT2D eigenvalue weighted by Crippen LogP contribution is 2.35. The Bertz CT molecular complexity index is 342. The van der Waals surface area contributed by atoms with E-state index in [0.717, 1.165) is 24.9 Å². The van der Waals surface area contributed by atoms with Gasteiger partial charge in [-0.15, -0.1) is 0 Å². The third-order valence-corrected chi connectivity index (χ3v) is 4.27. The van der Waals surface area contributed by atoms with Crippen molar-refractivity contribution in [1.29, 1.82) is 0 Å². The number of nitrogens with one attached hydrogen (secondary N) is 1. The Morgan fingerprint density at radius 1 is 1.11 bits per heavy atom. The van der Waals surface area contributed by atoms with Crippen LogP contribution in [0.15, 0.2) is 24.5 Å². The van der Waals surface area contributed by atoms with Crippen molar-refractivity contribution in [3.8, 4) is 0 Å². The minimum atomic E-state index is 0.669. The van der Waals surface area contributed by atoms with Gasteiger partial charge in [0.1, 0.15) is 0 Å². The molecule has 0 spiro atoms. The average Bonchev–Trinajstić information content (AvgIpc) is 2.45. The molecule has 0 amide bonds. The van der Waals surface area contributed by atoms with E-state index >= 15 is 0 Å². The van der Waals surface area contributed by atoms with Gasteiger partial charge < -0.3 is 5.32 Å². The zero-order valence-electron chi connectivity index (χ0n) is 12.4. The molecule has 0 radical (unpaired) electrons. The summed E-state index contributed by atoms with van der Waals surface area (Å²) in [7, 11) is 0. The van der Waals surface area contributed by atoms with Gasteiger partial charge in [0, 0.05) is 18.9 Å². The van der Waals surface area contributed by atoms with Crippen LogP contribution in [0.4, 0.5) is 0 Å². The Hall–Kier alpha value is -0.890. The Kier molecular flexibility index (Phi) is 5.84. The SMILES string of the molecule is CC(C)CNCC(c1ccncc1)C1CCCCC1. The van der Waals surface area contributed by atoms with Crippen LogP contribution in [0, 0.1) is 11.8 Å². The molecule has 1 aromatic heterocycles. The standard InChI is InChI=1S/C17H28N2/c1-14(2)12-19-13-17(15-6-4-3-5-7-15)16-8-10-18-11-9-16/h8-11,14-15,17,19H,3-7,12-13H2,1-2H3. The van der Waals surface area contributed by atoms with E-state index in [1.807, 2.05) is 12.4 Å². The lowest BCUT2D eigenvalue weighted by atomic mass is 9.77. The third-order valence-electron chi connectivity index (χ3n) is 4.27. The number of pyridine rings is 1. The molecule has 2 nitrogen and oxygen atoms in total. The second-order valence-electron chi connectivity index (χ2n) is 6.34. The fourth-order valence-electron chi connectivity index (χ4n) is 3.23. The highest BCUT2D eigenvalue weighted by Gasteiger charge is 2.24. The Morgan fingerprint density at radius 2 is 1.79 bits per heavy atom. The molecule has 0 bridgehead atoms. The first kappa shape index (κ1) is 14.5. The second kappa shape index (κ2) is 7.64. The number of hydrogen-bond donors (Lipinski definition) is 1. The lowest BCUT2D eigenvalue weighted by Gasteiger charge is -2.31. The molecular formula is C17H28N2. The predicted molar refractivity (Wildman–Crippen MR) is 81.3 cm³/mol. The van der Waals surface area contributed by atoms with Crippen molar-refractivity contribution in [2.24, 2.45) is 11.8 Å². The van der Waals surface area contributed by atoms with Crippen LogP contribution in [-0.2, 0) is 0 Å². The smallest absolute Gasteiger partial charge is 0.0270 e. The van der Waals surface area contributed by atoms with Crippen molar-refractivity contribution in [3.05, 3.63) is 30.1 Å². The van der Waals surface area contributed by atoms with Crippen molar-refractivity contribution >= 4 is 0 Å². The van der Waals surface area contributed by atoms with Crippen molar-refractivity contribution in [2.75, 3.05) is 13.1 Å². The average molecular weight is 260 g/mol. The van der Waals surface area contributed by atoms with Gasteiger partial charge in [0.05, 0.1) is 0 Å². The number of nitrogens with zero attached hydrogens (tertiary/aromatic N) is 1. The van der Waals surface area contributed by atoms with Crippen molar-refractivity contribution < 1.29 is 0 Å². The lowest BCUT2D eigenvalue weighted by Crippen LogP contribution is -2.30. The first-order valence-corrected chi connectivity index (χ1v) is 7.88. The van der Waals surface area contributed by atoms with E-state index in [1.54, 1.807) is 0 Å². The van der Waals surface area contributed by atoms with Crippen LogP contribution in [-0.4, -0.2) is 18.1 Å². The second-order valence-corrected chi connectivity index (χ2v) is 6.34. The van der Waals surface area contributed by atoms with Crippen LogP contribution < -0.4 is 5.32 Å². The van der Waals surface area contributed by atoms with Crippen LogP contribution >= 0.6 is 0 Å². The molecule has 0 aromatic carbocycles. The van der Waals surface area contributed by atoms with Gasteiger partial charge in [-0.05, 0) is 54.8 Å². The zero-order valence-corrected chi connectivity index (χ0v) is 12.4. The van der Waals surface area contributed by atoms with Crippen molar-refractivity contribution in [2.45, 2.75) is 51.9 Å². The first-order valence-electron chi connectivity index (χ1n) is 7.88. The molecule has 1 unspecified atom stereocenters. The maximum absolute atomic E-state index is 4.16. The fourth-order valence-corrected chi connectivity index (χ4v) is 3.23. The van der Waals surface area contributed by atoms with Gasteiger partial charge in [0.2, 0.25) is 0 Å². The monoisotopic (exact) mass is 260 g/mol. The van der Waals surface area contributed by atoms with Crippen LogP contribution in [0.1, 0.15) is 57.4 Å². The molecule has 2 heteroatoms. The van der Waals surface area contributed by atoms with Crippen LogP contribution in [0.2, 0.25) is 0 Å². The van der Waals surface area contributed by atoms with E-state index in [9.17, 15) is 0 Å². The fraction of sp³-hybridized carbons (Fsp3) is 0.706. The van der Waals surface area contributed by atoms with Crippen LogP contribution in [0.3, 0.4) is 0 Å². The van der Waals surface area contributed by atoms with E-state index in [0.29, 0.717) is 5.92 Å². The summed E-state index contributed by atoms with van der Waals surface area (Å²) in [6.45, 7) is 6.78. The molecular weight excluding hydrogens is 232 g/mol. The minimum Gasteiger partial charge on any atom is -0.316 e. The van der Waals surface area contributed by atoms with Gasteiger partial charge in [-0.2, -0.15) is 0 Å². The highest BCUT2D eigenvalue weighted by molar-refractivity contribution is 5.17. The molecule has 2 rings (SSSR count).